The number of aromatic nitrogens is 1. The summed E-state index contributed by atoms with van der Waals surface area (Å²) in [5.41, 5.74) is 6.93. The van der Waals surface area contributed by atoms with E-state index in [0.29, 0.717) is 5.69 Å². The Morgan fingerprint density at radius 3 is 2.73 bits per heavy atom. The van der Waals surface area contributed by atoms with Gasteiger partial charge < -0.3 is 15.6 Å². The molecule has 0 amide bonds. The van der Waals surface area contributed by atoms with E-state index in [1.807, 2.05) is 30.3 Å². The largest absolute Gasteiger partial charge is 0.397 e. The highest BCUT2D eigenvalue weighted by molar-refractivity contribution is 5.72. The fraction of sp³-hybridized carbons (Fsp3) is 0.0909. The third-order valence-electron chi connectivity index (χ3n) is 2.29. The van der Waals surface area contributed by atoms with Crippen molar-refractivity contribution in [2.24, 2.45) is 0 Å². The van der Waals surface area contributed by atoms with Crippen molar-refractivity contribution in [3.8, 4) is 0 Å². The molecule has 2 rings (SSSR count). The Morgan fingerprint density at radius 2 is 2.13 bits per heavy atom. The lowest BCUT2D eigenvalue weighted by Crippen LogP contribution is -2.11. The standard InChI is InChI=1S/C11H12FN3/c1-15(11-3-2-6-14-11)10-5-4-8(12)7-9(10)13/h2-7,14H,13H2,1H3. The summed E-state index contributed by atoms with van der Waals surface area (Å²) in [6, 6.07) is 8.18. The summed E-state index contributed by atoms with van der Waals surface area (Å²) in [6.45, 7) is 0. The number of nitrogens with one attached hydrogen (secondary N) is 1. The van der Waals surface area contributed by atoms with Crippen LogP contribution in [0.1, 0.15) is 0 Å². The molecule has 0 aliphatic heterocycles. The maximum atomic E-state index is 12.8. The van der Waals surface area contributed by atoms with Crippen molar-refractivity contribution in [3.05, 3.63) is 42.3 Å². The summed E-state index contributed by atoms with van der Waals surface area (Å²) >= 11 is 0. The number of nitrogens with two attached hydrogens (primary N) is 1. The van der Waals surface area contributed by atoms with Gasteiger partial charge in [0.1, 0.15) is 11.6 Å². The Bertz CT molecular complexity index is 451. The van der Waals surface area contributed by atoms with Gasteiger partial charge in [-0.3, -0.25) is 0 Å². The highest BCUT2D eigenvalue weighted by Gasteiger charge is 2.08. The van der Waals surface area contributed by atoms with Gasteiger partial charge in [-0.25, -0.2) is 4.39 Å². The van der Waals surface area contributed by atoms with Crippen molar-refractivity contribution in [2.75, 3.05) is 17.7 Å². The molecule has 15 heavy (non-hydrogen) atoms. The third kappa shape index (κ3) is 1.79. The average molecular weight is 205 g/mol. The summed E-state index contributed by atoms with van der Waals surface area (Å²) in [5.74, 6) is 0.587. The molecule has 1 heterocycles. The Labute approximate surface area is 87.3 Å². The van der Waals surface area contributed by atoms with Crippen molar-refractivity contribution in [1.29, 1.82) is 0 Å². The van der Waals surface area contributed by atoms with Crippen LogP contribution in [0.5, 0.6) is 0 Å². The molecule has 1 aromatic heterocycles. The average Bonchev–Trinajstić information content (AvgIpc) is 2.69. The first-order valence-electron chi connectivity index (χ1n) is 4.60. The maximum absolute atomic E-state index is 12.8. The molecular weight excluding hydrogens is 193 g/mol. The van der Waals surface area contributed by atoms with Crippen LogP contribution in [0.15, 0.2) is 36.5 Å². The van der Waals surface area contributed by atoms with Crippen LogP contribution in [0.4, 0.5) is 21.6 Å². The van der Waals surface area contributed by atoms with Gasteiger partial charge in [-0.05, 0) is 30.3 Å². The van der Waals surface area contributed by atoms with Gasteiger partial charge in [0.05, 0.1) is 11.4 Å². The Morgan fingerprint density at radius 1 is 1.33 bits per heavy atom. The van der Waals surface area contributed by atoms with E-state index < -0.39 is 0 Å². The van der Waals surface area contributed by atoms with E-state index in [0.717, 1.165) is 11.5 Å². The monoisotopic (exact) mass is 205 g/mol. The van der Waals surface area contributed by atoms with Gasteiger partial charge in [-0.2, -0.15) is 0 Å². The molecule has 0 saturated carbocycles. The Balaban J connectivity index is 2.38. The van der Waals surface area contributed by atoms with E-state index in [1.54, 1.807) is 6.07 Å². The molecule has 0 atom stereocenters. The van der Waals surface area contributed by atoms with E-state index in [1.165, 1.54) is 12.1 Å². The number of halogens is 1. The summed E-state index contributed by atoms with van der Waals surface area (Å²) in [4.78, 5) is 4.92. The molecule has 3 nitrogen and oxygen atoms in total. The highest BCUT2D eigenvalue weighted by Crippen LogP contribution is 2.27. The van der Waals surface area contributed by atoms with E-state index in [2.05, 4.69) is 4.98 Å². The van der Waals surface area contributed by atoms with Crippen molar-refractivity contribution in [2.45, 2.75) is 0 Å². The van der Waals surface area contributed by atoms with Gasteiger partial charge in [0.25, 0.3) is 0 Å². The molecule has 0 bridgehead atoms. The first kappa shape index (κ1) is 9.58. The van der Waals surface area contributed by atoms with Gasteiger partial charge in [-0.15, -0.1) is 0 Å². The van der Waals surface area contributed by atoms with Crippen molar-refractivity contribution < 1.29 is 4.39 Å². The van der Waals surface area contributed by atoms with Crippen molar-refractivity contribution in [1.82, 2.24) is 4.98 Å². The number of aromatic amines is 1. The quantitative estimate of drug-likeness (QED) is 0.740. The molecule has 78 valence electrons. The van der Waals surface area contributed by atoms with Gasteiger partial charge in [0.15, 0.2) is 0 Å². The van der Waals surface area contributed by atoms with Crippen LogP contribution < -0.4 is 10.6 Å². The molecule has 3 N–H and O–H groups in total. The molecule has 2 aromatic rings. The molecular formula is C11H12FN3. The number of H-pyrrole nitrogens is 1. The van der Waals surface area contributed by atoms with Crippen LogP contribution in [0.3, 0.4) is 0 Å². The number of nitrogens with zero attached hydrogens (tertiary/aromatic N) is 1. The van der Waals surface area contributed by atoms with Crippen LogP contribution in [0, 0.1) is 5.82 Å². The maximum Gasteiger partial charge on any atom is 0.125 e. The van der Waals surface area contributed by atoms with E-state index in [-0.39, 0.29) is 5.82 Å². The number of hydrogen-bond acceptors (Lipinski definition) is 2. The van der Waals surface area contributed by atoms with Gasteiger partial charge >= 0.3 is 0 Å². The predicted octanol–water partition coefficient (Wildman–Crippen LogP) is 2.50. The molecule has 0 radical (unpaired) electrons. The minimum atomic E-state index is -0.323. The lowest BCUT2D eigenvalue weighted by Gasteiger charge is -2.19. The number of anilines is 3. The smallest absolute Gasteiger partial charge is 0.125 e. The van der Waals surface area contributed by atoms with Gasteiger partial charge in [0, 0.05) is 13.2 Å². The van der Waals surface area contributed by atoms with E-state index in [9.17, 15) is 4.39 Å². The molecule has 0 aliphatic rings. The fourth-order valence-corrected chi connectivity index (χ4v) is 1.49. The normalized spacial score (nSPS) is 10.3. The fourth-order valence-electron chi connectivity index (χ4n) is 1.49. The zero-order chi connectivity index (χ0) is 10.8. The van der Waals surface area contributed by atoms with Crippen molar-refractivity contribution >= 4 is 17.2 Å². The zero-order valence-electron chi connectivity index (χ0n) is 8.37. The first-order valence-corrected chi connectivity index (χ1v) is 4.60. The third-order valence-corrected chi connectivity index (χ3v) is 2.29. The second kappa shape index (κ2) is 3.65. The topological polar surface area (TPSA) is 45.0 Å². The minimum absolute atomic E-state index is 0.323. The summed E-state index contributed by atoms with van der Waals surface area (Å²) in [6.07, 6.45) is 1.82. The Kier molecular flexibility index (Phi) is 2.33. The predicted molar refractivity (Wildman–Crippen MR) is 59.7 cm³/mol. The number of rotatable bonds is 2. The SMILES string of the molecule is CN(c1ccc[nH]1)c1ccc(F)cc1N. The molecule has 0 spiro atoms. The summed E-state index contributed by atoms with van der Waals surface area (Å²) < 4.78 is 12.8. The number of nitrogen functional groups attached to an aromatic ring is 1. The summed E-state index contributed by atoms with van der Waals surface area (Å²) in [5, 5.41) is 0. The highest BCUT2D eigenvalue weighted by atomic mass is 19.1. The molecule has 0 aliphatic carbocycles. The van der Waals surface area contributed by atoms with E-state index in [4.69, 9.17) is 5.73 Å². The van der Waals surface area contributed by atoms with Crippen LogP contribution >= 0.6 is 0 Å². The lowest BCUT2D eigenvalue weighted by atomic mass is 10.2. The molecule has 1 aromatic carbocycles. The lowest BCUT2D eigenvalue weighted by molar-refractivity contribution is 0.628. The van der Waals surface area contributed by atoms with Gasteiger partial charge in [-0.1, -0.05) is 0 Å². The minimum Gasteiger partial charge on any atom is -0.397 e. The van der Waals surface area contributed by atoms with Crippen molar-refractivity contribution in [3.63, 3.8) is 0 Å². The second-order valence-corrected chi connectivity index (χ2v) is 3.32. The van der Waals surface area contributed by atoms with E-state index >= 15 is 0 Å². The number of hydrogen-bond donors (Lipinski definition) is 2. The molecule has 4 heteroatoms. The Hall–Kier alpha value is -1.97. The van der Waals surface area contributed by atoms with Crippen LogP contribution in [-0.4, -0.2) is 12.0 Å². The molecule has 0 unspecified atom stereocenters. The summed E-state index contributed by atoms with van der Waals surface area (Å²) in [7, 11) is 1.87. The molecule has 0 fully saturated rings. The van der Waals surface area contributed by atoms with Crippen LogP contribution in [0.25, 0.3) is 0 Å². The van der Waals surface area contributed by atoms with Crippen LogP contribution in [0.2, 0.25) is 0 Å². The molecule has 0 saturated heterocycles. The van der Waals surface area contributed by atoms with Gasteiger partial charge in [0.2, 0.25) is 0 Å². The van der Waals surface area contributed by atoms with Crippen LogP contribution in [-0.2, 0) is 0 Å². The zero-order valence-corrected chi connectivity index (χ0v) is 8.37. The second-order valence-electron chi connectivity index (χ2n) is 3.32. The number of benzene rings is 1. The first-order chi connectivity index (χ1) is 7.18.